The molecule has 0 spiro atoms. The third kappa shape index (κ3) is 3.53. The second-order valence-corrected chi connectivity index (χ2v) is 2.78. The SMILES string of the molecule is C=CC#N.c1ccc(-c2ccc[nH]2)cc1. The van der Waals surface area contributed by atoms with Crippen LogP contribution in [0.5, 0.6) is 0 Å². The summed E-state index contributed by atoms with van der Waals surface area (Å²) in [7, 11) is 0. The van der Waals surface area contributed by atoms with E-state index >= 15 is 0 Å². The lowest BCUT2D eigenvalue weighted by Crippen LogP contribution is -1.73. The number of hydrogen-bond acceptors (Lipinski definition) is 1. The number of allylic oxidation sites excluding steroid dienone is 1. The Labute approximate surface area is 89.5 Å². The first-order chi connectivity index (χ1) is 7.38. The van der Waals surface area contributed by atoms with Crippen LogP contribution < -0.4 is 0 Å². The van der Waals surface area contributed by atoms with Gasteiger partial charge in [-0.25, -0.2) is 0 Å². The smallest absolute Gasteiger partial charge is 0.0905 e. The highest BCUT2D eigenvalue weighted by molar-refractivity contribution is 5.58. The van der Waals surface area contributed by atoms with Crippen molar-refractivity contribution in [1.82, 2.24) is 4.98 Å². The number of nitriles is 1. The van der Waals surface area contributed by atoms with Crippen molar-refractivity contribution in [1.29, 1.82) is 5.26 Å². The highest BCUT2D eigenvalue weighted by atomic mass is 14.7. The number of aromatic amines is 1. The zero-order valence-electron chi connectivity index (χ0n) is 8.35. The van der Waals surface area contributed by atoms with Gasteiger partial charge in [0.1, 0.15) is 0 Å². The van der Waals surface area contributed by atoms with Gasteiger partial charge < -0.3 is 4.98 Å². The summed E-state index contributed by atoms with van der Waals surface area (Å²) >= 11 is 0. The van der Waals surface area contributed by atoms with Gasteiger partial charge in [0.2, 0.25) is 0 Å². The zero-order valence-corrected chi connectivity index (χ0v) is 8.35. The fraction of sp³-hybridized carbons (Fsp3) is 0. The molecule has 0 fully saturated rings. The Kier molecular flexibility index (Phi) is 4.49. The van der Waals surface area contributed by atoms with Crippen molar-refractivity contribution in [2.75, 3.05) is 0 Å². The van der Waals surface area contributed by atoms with Gasteiger partial charge in [-0.2, -0.15) is 5.26 Å². The molecule has 0 amide bonds. The van der Waals surface area contributed by atoms with Gasteiger partial charge in [-0.05, 0) is 17.7 Å². The third-order valence-electron chi connectivity index (χ3n) is 1.77. The fourth-order valence-corrected chi connectivity index (χ4v) is 1.13. The van der Waals surface area contributed by atoms with Crippen LogP contribution in [0.2, 0.25) is 0 Å². The second-order valence-electron chi connectivity index (χ2n) is 2.78. The Balaban J connectivity index is 0.000000245. The molecule has 0 atom stereocenters. The molecule has 1 heterocycles. The predicted octanol–water partition coefficient (Wildman–Crippen LogP) is 3.38. The van der Waals surface area contributed by atoms with Gasteiger partial charge in [0.15, 0.2) is 0 Å². The van der Waals surface area contributed by atoms with E-state index < -0.39 is 0 Å². The lowest BCUT2D eigenvalue weighted by atomic mass is 10.2. The van der Waals surface area contributed by atoms with Crippen molar-refractivity contribution >= 4 is 0 Å². The van der Waals surface area contributed by atoms with E-state index in [2.05, 4.69) is 29.8 Å². The van der Waals surface area contributed by atoms with E-state index in [0.29, 0.717) is 0 Å². The van der Waals surface area contributed by atoms with Crippen LogP contribution >= 0.6 is 0 Å². The lowest BCUT2D eigenvalue weighted by molar-refractivity contribution is 1.40. The number of H-pyrrole nitrogens is 1. The van der Waals surface area contributed by atoms with Crippen LogP contribution in [0.1, 0.15) is 0 Å². The van der Waals surface area contributed by atoms with E-state index in [1.54, 1.807) is 6.07 Å². The van der Waals surface area contributed by atoms with Gasteiger partial charge in [0.25, 0.3) is 0 Å². The summed E-state index contributed by atoms with van der Waals surface area (Å²) in [6, 6.07) is 16.0. The van der Waals surface area contributed by atoms with E-state index in [1.807, 2.05) is 30.5 Å². The highest BCUT2D eigenvalue weighted by Gasteiger charge is 1.92. The van der Waals surface area contributed by atoms with Crippen molar-refractivity contribution in [2.24, 2.45) is 0 Å². The van der Waals surface area contributed by atoms with Crippen molar-refractivity contribution in [3.63, 3.8) is 0 Å². The number of aromatic nitrogens is 1. The van der Waals surface area contributed by atoms with Gasteiger partial charge in [-0.3, -0.25) is 0 Å². The molecule has 1 aromatic heterocycles. The van der Waals surface area contributed by atoms with Crippen LogP contribution in [0.4, 0.5) is 0 Å². The molecule has 0 saturated carbocycles. The molecule has 0 radical (unpaired) electrons. The van der Waals surface area contributed by atoms with Crippen molar-refractivity contribution < 1.29 is 0 Å². The molecule has 0 aliphatic carbocycles. The van der Waals surface area contributed by atoms with Gasteiger partial charge in [-0.15, -0.1) is 0 Å². The molecule has 2 nitrogen and oxygen atoms in total. The Morgan fingerprint density at radius 3 is 2.27 bits per heavy atom. The maximum absolute atomic E-state index is 7.51. The molecule has 0 bridgehead atoms. The van der Waals surface area contributed by atoms with Crippen LogP contribution in [0.15, 0.2) is 61.3 Å². The van der Waals surface area contributed by atoms with Crippen LogP contribution in [0, 0.1) is 11.3 Å². The van der Waals surface area contributed by atoms with Crippen LogP contribution in [0.25, 0.3) is 11.3 Å². The van der Waals surface area contributed by atoms with Gasteiger partial charge in [0, 0.05) is 18.0 Å². The number of nitrogens with one attached hydrogen (secondary N) is 1. The molecule has 0 aliphatic heterocycles. The van der Waals surface area contributed by atoms with Crippen LogP contribution in [0.3, 0.4) is 0 Å². The largest absolute Gasteiger partial charge is 0.361 e. The molecule has 0 aliphatic rings. The van der Waals surface area contributed by atoms with E-state index in [1.165, 1.54) is 17.3 Å². The molecule has 0 saturated heterocycles. The van der Waals surface area contributed by atoms with E-state index in [0.717, 1.165) is 0 Å². The van der Waals surface area contributed by atoms with Crippen LogP contribution in [-0.2, 0) is 0 Å². The Morgan fingerprint density at radius 2 is 1.80 bits per heavy atom. The highest BCUT2D eigenvalue weighted by Crippen LogP contribution is 2.14. The lowest BCUT2D eigenvalue weighted by Gasteiger charge is -1.94. The number of benzene rings is 1. The van der Waals surface area contributed by atoms with E-state index in [4.69, 9.17) is 5.26 Å². The monoisotopic (exact) mass is 196 g/mol. The minimum absolute atomic E-state index is 1.17. The van der Waals surface area contributed by atoms with Gasteiger partial charge >= 0.3 is 0 Å². The topological polar surface area (TPSA) is 39.6 Å². The molecule has 0 unspecified atom stereocenters. The van der Waals surface area contributed by atoms with Crippen molar-refractivity contribution in [3.05, 3.63) is 61.3 Å². The molecule has 2 aromatic rings. The Bertz CT molecular complexity index is 421. The van der Waals surface area contributed by atoms with Gasteiger partial charge in [-0.1, -0.05) is 36.9 Å². The minimum atomic E-state index is 1.17. The van der Waals surface area contributed by atoms with Crippen LogP contribution in [-0.4, -0.2) is 4.98 Å². The summed E-state index contributed by atoms with van der Waals surface area (Å²) in [6.07, 6.45) is 3.11. The quantitative estimate of drug-likeness (QED) is 0.698. The average Bonchev–Trinajstić information content (AvgIpc) is 2.84. The first-order valence-corrected chi connectivity index (χ1v) is 4.58. The molecule has 15 heavy (non-hydrogen) atoms. The zero-order chi connectivity index (χ0) is 10.9. The molecule has 2 heteroatoms. The predicted molar refractivity (Wildman–Crippen MR) is 62.0 cm³/mol. The number of rotatable bonds is 1. The maximum atomic E-state index is 7.51. The molecule has 1 aromatic carbocycles. The fourth-order valence-electron chi connectivity index (χ4n) is 1.13. The third-order valence-corrected chi connectivity index (χ3v) is 1.77. The summed E-state index contributed by atoms with van der Waals surface area (Å²) in [6.45, 7) is 3.12. The molecule has 1 N–H and O–H groups in total. The molecular weight excluding hydrogens is 184 g/mol. The molecular formula is C13H12N2. The maximum Gasteiger partial charge on any atom is 0.0905 e. The first-order valence-electron chi connectivity index (χ1n) is 4.58. The van der Waals surface area contributed by atoms with Crippen molar-refractivity contribution in [2.45, 2.75) is 0 Å². The standard InChI is InChI=1S/C10H9N.C3H3N/c1-2-5-9(6-3-1)10-7-4-8-11-10;1-2-3-4/h1-8,11H;2H,1H2. The summed E-state index contributed by atoms with van der Waals surface area (Å²) in [4.78, 5) is 3.15. The van der Waals surface area contributed by atoms with E-state index in [9.17, 15) is 0 Å². The average molecular weight is 196 g/mol. The summed E-state index contributed by atoms with van der Waals surface area (Å²) in [5, 5.41) is 7.51. The normalized spacial score (nSPS) is 8.20. The van der Waals surface area contributed by atoms with Gasteiger partial charge in [0.05, 0.1) is 6.07 Å². The minimum Gasteiger partial charge on any atom is -0.361 e. The number of nitrogens with zero attached hydrogens (tertiary/aromatic N) is 1. The summed E-state index contributed by atoms with van der Waals surface area (Å²) in [5.74, 6) is 0. The summed E-state index contributed by atoms with van der Waals surface area (Å²) in [5.41, 5.74) is 2.41. The Hall–Kier alpha value is -2.27. The Morgan fingerprint density at radius 1 is 1.13 bits per heavy atom. The molecule has 2 rings (SSSR count). The number of hydrogen-bond donors (Lipinski definition) is 1. The molecule has 74 valence electrons. The first kappa shape index (κ1) is 10.8. The van der Waals surface area contributed by atoms with Crippen molar-refractivity contribution in [3.8, 4) is 17.3 Å². The summed E-state index contributed by atoms with van der Waals surface area (Å²) < 4.78 is 0. The second kappa shape index (κ2) is 6.22. The van der Waals surface area contributed by atoms with E-state index in [-0.39, 0.29) is 0 Å².